The van der Waals surface area contributed by atoms with Crippen molar-refractivity contribution in [3.8, 4) is 0 Å². The highest BCUT2D eigenvalue weighted by Crippen LogP contribution is 2.29. The fourth-order valence-corrected chi connectivity index (χ4v) is 3.62. The molecule has 2 N–H and O–H groups in total. The number of benzene rings is 1. The maximum Gasteiger partial charge on any atom is 0.255 e. The number of halogens is 2. The Morgan fingerprint density at radius 3 is 2.55 bits per heavy atom. The number of primary sulfonamides is 1. The lowest BCUT2D eigenvalue weighted by atomic mass is 10.2. The monoisotopic (exact) mass is 382 g/mol. The summed E-state index contributed by atoms with van der Waals surface area (Å²) in [6.45, 7) is 2.59. The van der Waals surface area contributed by atoms with Gasteiger partial charge in [0.2, 0.25) is 10.0 Å². The number of rotatable bonds is 5. The van der Waals surface area contributed by atoms with Crippen molar-refractivity contribution >= 4 is 43.5 Å². The summed E-state index contributed by atoms with van der Waals surface area (Å²) in [4.78, 5) is 13.6. The molecule has 0 aromatic heterocycles. The molecule has 0 spiro atoms. The van der Waals surface area contributed by atoms with Gasteiger partial charge in [-0.3, -0.25) is 4.79 Å². The van der Waals surface area contributed by atoms with E-state index in [9.17, 15) is 13.2 Å². The molecular weight excluding hydrogens is 368 g/mol. The number of hydrogen-bond donors (Lipinski definition) is 1. The zero-order valence-corrected chi connectivity index (χ0v) is 14.3. The maximum atomic E-state index is 12.3. The number of unbranched alkanes of at least 4 members (excludes halogenated alkanes) is 1. The van der Waals surface area contributed by atoms with Crippen molar-refractivity contribution in [2.24, 2.45) is 5.14 Å². The van der Waals surface area contributed by atoms with E-state index < -0.39 is 10.0 Å². The lowest BCUT2D eigenvalue weighted by Gasteiger charge is -2.18. The summed E-state index contributed by atoms with van der Waals surface area (Å²) < 4.78 is 23.2. The lowest BCUT2D eigenvalue weighted by molar-refractivity contribution is 0.0793. The molecule has 0 radical (unpaired) electrons. The van der Waals surface area contributed by atoms with Crippen LogP contribution >= 0.6 is 27.5 Å². The van der Waals surface area contributed by atoms with E-state index in [1.54, 1.807) is 7.05 Å². The molecular formula is C12H16BrClN2O3S. The quantitative estimate of drug-likeness (QED) is 0.848. The normalized spacial score (nSPS) is 11.4. The van der Waals surface area contributed by atoms with E-state index in [0.717, 1.165) is 12.8 Å². The van der Waals surface area contributed by atoms with Crippen molar-refractivity contribution in [1.29, 1.82) is 0 Å². The Bertz CT molecular complexity index is 619. The third kappa shape index (κ3) is 4.18. The van der Waals surface area contributed by atoms with Gasteiger partial charge in [-0.15, -0.1) is 0 Å². The Morgan fingerprint density at radius 2 is 2.05 bits per heavy atom. The molecule has 0 aliphatic rings. The third-order valence-corrected chi connectivity index (χ3v) is 4.93. The van der Waals surface area contributed by atoms with Gasteiger partial charge in [-0.05, 0) is 34.5 Å². The molecule has 8 heteroatoms. The predicted molar refractivity (Wildman–Crippen MR) is 82.4 cm³/mol. The summed E-state index contributed by atoms with van der Waals surface area (Å²) >= 11 is 9.09. The van der Waals surface area contributed by atoms with Crippen LogP contribution in [0.25, 0.3) is 0 Å². The van der Waals surface area contributed by atoms with E-state index in [1.807, 2.05) is 6.92 Å². The van der Waals surface area contributed by atoms with Crippen molar-refractivity contribution in [3.63, 3.8) is 0 Å². The second-order valence-corrected chi connectivity index (χ2v) is 7.18. The molecule has 112 valence electrons. The Morgan fingerprint density at radius 1 is 1.45 bits per heavy atom. The average molecular weight is 384 g/mol. The van der Waals surface area contributed by atoms with Gasteiger partial charge in [0.1, 0.15) is 0 Å². The molecule has 1 rings (SSSR count). The molecule has 0 aliphatic carbocycles. The zero-order valence-electron chi connectivity index (χ0n) is 11.2. The number of carbonyl (C=O) groups is 1. The molecule has 0 saturated carbocycles. The van der Waals surface area contributed by atoms with E-state index in [2.05, 4.69) is 15.9 Å². The fraction of sp³-hybridized carbons (Fsp3) is 0.417. The zero-order chi connectivity index (χ0) is 15.5. The molecule has 0 fully saturated rings. The minimum absolute atomic E-state index is 0.123. The lowest BCUT2D eigenvalue weighted by Crippen LogP contribution is -2.28. The number of nitrogens with two attached hydrogens (primary N) is 1. The molecule has 20 heavy (non-hydrogen) atoms. The van der Waals surface area contributed by atoms with Crippen molar-refractivity contribution in [1.82, 2.24) is 4.90 Å². The number of amides is 1. The predicted octanol–water partition coefficient (Wildman–Crippen LogP) is 2.62. The van der Waals surface area contributed by atoms with Crippen LogP contribution in [-0.4, -0.2) is 32.8 Å². The Labute approximate surface area is 132 Å². The van der Waals surface area contributed by atoms with E-state index in [-0.39, 0.29) is 25.9 Å². The number of nitrogens with zero attached hydrogens (tertiary/aromatic N) is 1. The van der Waals surface area contributed by atoms with Crippen LogP contribution in [0.3, 0.4) is 0 Å². The van der Waals surface area contributed by atoms with E-state index in [1.165, 1.54) is 17.0 Å². The first-order valence-electron chi connectivity index (χ1n) is 5.95. The molecule has 0 aliphatic heterocycles. The van der Waals surface area contributed by atoms with Crippen LogP contribution in [0.4, 0.5) is 0 Å². The molecule has 1 aromatic carbocycles. The van der Waals surface area contributed by atoms with Gasteiger partial charge in [0.15, 0.2) is 0 Å². The van der Waals surface area contributed by atoms with Crippen molar-refractivity contribution in [2.75, 3.05) is 13.6 Å². The first-order chi connectivity index (χ1) is 9.18. The van der Waals surface area contributed by atoms with Gasteiger partial charge in [0.05, 0.1) is 15.5 Å². The smallest absolute Gasteiger partial charge is 0.255 e. The number of carbonyl (C=O) groups excluding carboxylic acids is 1. The third-order valence-electron chi connectivity index (χ3n) is 2.75. The Balaban J connectivity index is 3.22. The molecule has 0 bridgehead atoms. The Kier molecular flexibility index (Phi) is 6.00. The molecule has 5 nitrogen and oxygen atoms in total. The van der Waals surface area contributed by atoms with Crippen LogP contribution < -0.4 is 5.14 Å². The minimum atomic E-state index is -3.93. The van der Waals surface area contributed by atoms with Gasteiger partial charge in [0, 0.05) is 18.1 Å². The highest BCUT2D eigenvalue weighted by Gasteiger charge is 2.21. The van der Waals surface area contributed by atoms with Gasteiger partial charge < -0.3 is 4.90 Å². The van der Waals surface area contributed by atoms with Crippen LogP contribution in [-0.2, 0) is 10.0 Å². The van der Waals surface area contributed by atoms with Crippen LogP contribution in [0.5, 0.6) is 0 Å². The van der Waals surface area contributed by atoms with Crippen molar-refractivity contribution in [2.45, 2.75) is 24.7 Å². The average Bonchev–Trinajstić information content (AvgIpc) is 2.33. The molecule has 0 heterocycles. The number of sulfonamides is 1. The fourth-order valence-electron chi connectivity index (χ4n) is 1.61. The molecule has 1 aromatic rings. The Hall–Kier alpha value is -0.630. The topological polar surface area (TPSA) is 80.5 Å². The summed E-state index contributed by atoms with van der Waals surface area (Å²) in [5, 5.41) is 5.29. The van der Waals surface area contributed by atoms with Crippen LogP contribution in [0.15, 0.2) is 21.5 Å². The summed E-state index contributed by atoms with van der Waals surface area (Å²) in [6.07, 6.45) is 1.81. The highest BCUT2D eigenvalue weighted by molar-refractivity contribution is 9.10. The van der Waals surface area contributed by atoms with E-state index in [4.69, 9.17) is 16.7 Å². The van der Waals surface area contributed by atoms with Gasteiger partial charge in [0.25, 0.3) is 5.91 Å². The van der Waals surface area contributed by atoms with Crippen molar-refractivity contribution in [3.05, 3.63) is 27.2 Å². The van der Waals surface area contributed by atoms with Gasteiger partial charge in [-0.1, -0.05) is 24.9 Å². The van der Waals surface area contributed by atoms with E-state index >= 15 is 0 Å². The summed E-state index contributed by atoms with van der Waals surface area (Å²) in [5.41, 5.74) is 0.123. The van der Waals surface area contributed by atoms with Crippen LogP contribution in [0, 0.1) is 0 Å². The van der Waals surface area contributed by atoms with Crippen LogP contribution in [0.1, 0.15) is 30.1 Å². The summed E-state index contributed by atoms with van der Waals surface area (Å²) in [6, 6.07) is 2.56. The number of hydrogen-bond acceptors (Lipinski definition) is 3. The van der Waals surface area contributed by atoms with Crippen molar-refractivity contribution < 1.29 is 13.2 Å². The standard InChI is InChI=1S/C12H16BrClN2O3S/c1-3-4-5-16(2)12(17)8-6-11(20(15,18)19)9(13)7-10(8)14/h6-7H,3-5H2,1-2H3,(H2,15,18,19). The second kappa shape index (κ2) is 6.89. The molecule has 0 saturated heterocycles. The first kappa shape index (κ1) is 17.4. The maximum absolute atomic E-state index is 12.3. The SMILES string of the molecule is CCCCN(C)C(=O)c1cc(S(N)(=O)=O)c(Br)cc1Cl. The van der Waals surface area contributed by atoms with E-state index in [0.29, 0.717) is 6.54 Å². The summed E-state index contributed by atoms with van der Waals surface area (Å²) in [5.74, 6) is -0.333. The van der Waals surface area contributed by atoms with Gasteiger partial charge in [-0.25, -0.2) is 13.6 Å². The molecule has 1 amide bonds. The van der Waals surface area contributed by atoms with Crippen LogP contribution in [0.2, 0.25) is 5.02 Å². The second-order valence-electron chi connectivity index (χ2n) is 4.39. The minimum Gasteiger partial charge on any atom is -0.342 e. The highest BCUT2D eigenvalue weighted by atomic mass is 79.9. The van der Waals surface area contributed by atoms with Gasteiger partial charge in [-0.2, -0.15) is 0 Å². The van der Waals surface area contributed by atoms with Gasteiger partial charge >= 0.3 is 0 Å². The molecule has 0 unspecified atom stereocenters. The largest absolute Gasteiger partial charge is 0.342 e. The molecule has 0 atom stereocenters. The summed E-state index contributed by atoms with van der Waals surface area (Å²) in [7, 11) is -2.28. The first-order valence-corrected chi connectivity index (χ1v) is 8.67.